The lowest BCUT2D eigenvalue weighted by molar-refractivity contribution is -0.130. The number of hydrogen-bond donors (Lipinski definition) is 0. The number of fused-ring (bicyclic) bond motifs is 1. The maximum absolute atomic E-state index is 12.8. The predicted molar refractivity (Wildman–Crippen MR) is 137 cm³/mol. The van der Waals surface area contributed by atoms with Crippen LogP contribution in [-0.4, -0.2) is 83.9 Å². The number of anilines is 1. The first-order valence-electron chi connectivity index (χ1n) is 12.0. The number of amides is 1. The van der Waals surface area contributed by atoms with Crippen molar-refractivity contribution in [3.05, 3.63) is 47.5 Å². The van der Waals surface area contributed by atoms with Crippen LogP contribution in [-0.2, 0) is 17.6 Å². The Hall–Kier alpha value is -2.93. The van der Waals surface area contributed by atoms with Crippen LogP contribution < -0.4 is 19.1 Å². The average molecular weight is 470 g/mol. The highest BCUT2D eigenvalue weighted by molar-refractivity contribution is 5.80. The first-order chi connectivity index (χ1) is 16.4. The molecule has 3 rings (SSSR count). The van der Waals surface area contributed by atoms with E-state index in [0.29, 0.717) is 18.8 Å². The lowest BCUT2D eigenvalue weighted by Gasteiger charge is -2.23. The Labute approximate surface area is 204 Å². The average Bonchev–Trinajstić information content (AvgIpc) is 2.99. The standard InChI is InChI=1S/C27H39N3O4/c1-28(2)23-8-10-24(11-9-23)34-17-7-14-29(3)13-6-15-30-16-12-21-18-25(32-4)26(33-5)19-22(21)20-27(30)31/h8-11,18-19H,6-7,12-17,20H2,1-5H3. The molecule has 7 heteroatoms. The maximum Gasteiger partial charge on any atom is 0.227 e. The molecule has 0 atom stereocenters. The molecule has 0 spiro atoms. The van der Waals surface area contributed by atoms with Crippen LogP contribution in [0.3, 0.4) is 0 Å². The van der Waals surface area contributed by atoms with Crippen LogP contribution in [0.2, 0.25) is 0 Å². The van der Waals surface area contributed by atoms with Crippen molar-refractivity contribution in [2.75, 3.05) is 73.0 Å². The van der Waals surface area contributed by atoms with Crippen LogP contribution in [0.25, 0.3) is 0 Å². The fourth-order valence-electron chi connectivity index (χ4n) is 4.26. The van der Waals surface area contributed by atoms with Crippen LogP contribution in [0.1, 0.15) is 24.0 Å². The van der Waals surface area contributed by atoms with E-state index in [4.69, 9.17) is 14.2 Å². The van der Waals surface area contributed by atoms with Gasteiger partial charge in [-0.05, 0) is 80.4 Å². The van der Waals surface area contributed by atoms with E-state index >= 15 is 0 Å². The van der Waals surface area contributed by atoms with Crippen molar-refractivity contribution in [3.8, 4) is 17.2 Å². The molecule has 2 aromatic carbocycles. The van der Waals surface area contributed by atoms with E-state index in [0.717, 1.165) is 62.5 Å². The summed E-state index contributed by atoms with van der Waals surface area (Å²) >= 11 is 0. The summed E-state index contributed by atoms with van der Waals surface area (Å²) in [7, 11) is 9.46. The zero-order chi connectivity index (χ0) is 24.5. The van der Waals surface area contributed by atoms with Crippen molar-refractivity contribution in [1.29, 1.82) is 0 Å². The summed E-state index contributed by atoms with van der Waals surface area (Å²) in [5.74, 6) is 2.49. The normalized spacial score (nSPS) is 13.5. The smallest absolute Gasteiger partial charge is 0.227 e. The van der Waals surface area contributed by atoms with Crippen molar-refractivity contribution in [1.82, 2.24) is 9.80 Å². The van der Waals surface area contributed by atoms with Crippen molar-refractivity contribution in [2.24, 2.45) is 0 Å². The van der Waals surface area contributed by atoms with Gasteiger partial charge in [-0.1, -0.05) is 0 Å². The van der Waals surface area contributed by atoms with Gasteiger partial charge >= 0.3 is 0 Å². The third-order valence-corrected chi connectivity index (χ3v) is 6.33. The third-order valence-electron chi connectivity index (χ3n) is 6.33. The van der Waals surface area contributed by atoms with Gasteiger partial charge in [-0.3, -0.25) is 4.79 Å². The highest BCUT2D eigenvalue weighted by atomic mass is 16.5. The first kappa shape index (κ1) is 25.7. The minimum atomic E-state index is 0.183. The van der Waals surface area contributed by atoms with Gasteiger partial charge in [0.1, 0.15) is 5.75 Å². The molecule has 7 nitrogen and oxygen atoms in total. The van der Waals surface area contributed by atoms with Gasteiger partial charge in [0.05, 0.1) is 27.2 Å². The van der Waals surface area contributed by atoms with Gasteiger partial charge in [0, 0.05) is 39.4 Å². The van der Waals surface area contributed by atoms with Gasteiger partial charge in [-0.2, -0.15) is 0 Å². The fraction of sp³-hybridized carbons (Fsp3) is 0.519. The summed E-state index contributed by atoms with van der Waals surface area (Å²) in [4.78, 5) is 19.2. The Morgan fingerprint density at radius 2 is 1.56 bits per heavy atom. The quantitative estimate of drug-likeness (QED) is 0.444. The molecule has 0 radical (unpaired) electrons. The Morgan fingerprint density at radius 3 is 2.21 bits per heavy atom. The second kappa shape index (κ2) is 12.5. The maximum atomic E-state index is 12.8. The number of methoxy groups -OCH3 is 2. The van der Waals surface area contributed by atoms with E-state index in [1.165, 1.54) is 11.3 Å². The minimum absolute atomic E-state index is 0.183. The first-order valence-corrected chi connectivity index (χ1v) is 12.0. The summed E-state index contributed by atoms with van der Waals surface area (Å²) in [6.07, 6.45) is 3.17. The van der Waals surface area contributed by atoms with E-state index in [1.54, 1.807) is 14.2 Å². The van der Waals surface area contributed by atoms with Crippen LogP contribution in [0.4, 0.5) is 5.69 Å². The molecule has 0 bridgehead atoms. The summed E-state index contributed by atoms with van der Waals surface area (Å²) in [5, 5.41) is 0. The second-order valence-corrected chi connectivity index (χ2v) is 9.03. The van der Waals surface area contributed by atoms with Crippen LogP contribution in [0, 0.1) is 0 Å². The lowest BCUT2D eigenvalue weighted by atomic mass is 10.0. The molecule has 2 aromatic rings. The lowest BCUT2D eigenvalue weighted by Crippen LogP contribution is -2.35. The van der Waals surface area contributed by atoms with Crippen molar-refractivity contribution >= 4 is 11.6 Å². The molecule has 0 fully saturated rings. The fourth-order valence-corrected chi connectivity index (χ4v) is 4.26. The molecular weight excluding hydrogens is 430 g/mol. The molecule has 1 aliphatic rings. The van der Waals surface area contributed by atoms with Gasteiger partial charge in [0.15, 0.2) is 11.5 Å². The summed E-state index contributed by atoms with van der Waals surface area (Å²) in [5.41, 5.74) is 3.37. The van der Waals surface area contributed by atoms with Gasteiger partial charge in [-0.15, -0.1) is 0 Å². The Kier molecular flexibility index (Phi) is 9.45. The number of carbonyl (C=O) groups is 1. The molecule has 0 unspecified atom stereocenters. The molecule has 0 saturated carbocycles. The number of ether oxygens (including phenoxy) is 3. The van der Waals surface area contributed by atoms with Gasteiger partial charge in [-0.25, -0.2) is 0 Å². The van der Waals surface area contributed by atoms with Gasteiger partial charge in [0.25, 0.3) is 0 Å². The molecule has 1 heterocycles. The summed E-state index contributed by atoms with van der Waals surface area (Å²) in [6.45, 7) is 4.14. The van der Waals surface area contributed by atoms with E-state index in [-0.39, 0.29) is 5.91 Å². The largest absolute Gasteiger partial charge is 0.494 e. The van der Waals surface area contributed by atoms with Crippen molar-refractivity contribution in [3.63, 3.8) is 0 Å². The van der Waals surface area contributed by atoms with E-state index in [9.17, 15) is 4.79 Å². The van der Waals surface area contributed by atoms with Crippen LogP contribution >= 0.6 is 0 Å². The van der Waals surface area contributed by atoms with Crippen molar-refractivity contribution in [2.45, 2.75) is 25.7 Å². The Bertz CT molecular complexity index is 930. The van der Waals surface area contributed by atoms with E-state index in [1.807, 2.05) is 43.3 Å². The summed E-state index contributed by atoms with van der Waals surface area (Å²) < 4.78 is 16.7. The molecule has 0 aliphatic carbocycles. The SMILES string of the molecule is COc1cc2c(cc1OC)CC(=O)N(CCCN(C)CCCOc1ccc(N(C)C)cc1)CC2. The minimum Gasteiger partial charge on any atom is -0.494 e. The second-order valence-electron chi connectivity index (χ2n) is 9.03. The Morgan fingerprint density at radius 1 is 0.912 bits per heavy atom. The number of rotatable bonds is 12. The molecular formula is C27H39N3O4. The summed E-state index contributed by atoms with van der Waals surface area (Å²) in [6, 6.07) is 12.1. The molecule has 1 aliphatic heterocycles. The monoisotopic (exact) mass is 469 g/mol. The number of benzene rings is 2. The topological polar surface area (TPSA) is 54.5 Å². The zero-order valence-electron chi connectivity index (χ0n) is 21.3. The molecule has 0 N–H and O–H groups in total. The van der Waals surface area contributed by atoms with Crippen molar-refractivity contribution < 1.29 is 19.0 Å². The molecule has 34 heavy (non-hydrogen) atoms. The third kappa shape index (κ3) is 7.03. The number of carbonyl (C=O) groups excluding carboxylic acids is 1. The molecule has 186 valence electrons. The predicted octanol–water partition coefficient (Wildman–Crippen LogP) is 3.49. The van der Waals surface area contributed by atoms with Gasteiger partial charge in [0.2, 0.25) is 5.91 Å². The zero-order valence-corrected chi connectivity index (χ0v) is 21.3. The highest BCUT2D eigenvalue weighted by Crippen LogP contribution is 2.32. The van der Waals surface area contributed by atoms with Crippen LogP contribution in [0.5, 0.6) is 17.2 Å². The number of hydrogen-bond acceptors (Lipinski definition) is 6. The van der Waals surface area contributed by atoms with Crippen LogP contribution in [0.15, 0.2) is 36.4 Å². The van der Waals surface area contributed by atoms with Gasteiger partial charge < -0.3 is 28.9 Å². The molecule has 0 saturated heterocycles. The van der Waals surface area contributed by atoms with E-state index < -0.39 is 0 Å². The molecule has 0 aromatic heterocycles. The number of nitrogens with zero attached hydrogens (tertiary/aromatic N) is 3. The molecule has 1 amide bonds. The Balaban J connectivity index is 1.37. The highest BCUT2D eigenvalue weighted by Gasteiger charge is 2.22. The van der Waals surface area contributed by atoms with E-state index in [2.05, 4.69) is 29.0 Å².